The van der Waals surface area contributed by atoms with Crippen molar-refractivity contribution < 1.29 is 4.79 Å². The van der Waals surface area contributed by atoms with Crippen LogP contribution in [0.15, 0.2) is 36.7 Å². The monoisotopic (exact) mass is 292 g/mol. The van der Waals surface area contributed by atoms with Crippen LogP contribution < -0.4 is 11.1 Å². The summed E-state index contributed by atoms with van der Waals surface area (Å²) in [5, 5.41) is 7.47. The van der Waals surface area contributed by atoms with E-state index in [1.54, 1.807) is 41.3 Å². The van der Waals surface area contributed by atoms with E-state index in [4.69, 9.17) is 17.3 Å². The molecule has 2 aromatic rings. The SMILES string of the molecule is CCC[C@@H](N)C(=O)Nc1cccc(Cl)c1-n1cccn1. The Morgan fingerprint density at radius 1 is 1.50 bits per heavy atom. The molecule has 0 radical (unpaired) electrons. The molecule has 1 aromatic carbocycles. The molecule has 0 saturated carbocycles. The van der Waals surface area contributed by atoms with Gasteiger partial charge in [0.25, 0.3) is 0 Å². The smallest absolute Gasteiger partial charge is 0.241 e. The van der Waals surface area contributed by atoms with Gasteiger partial charge < -0.3 is 11.1 Å². The molecule has 5 nitrogen and oxygen atoms in total. The van der Waals surface area contributed by atoms with E-state index in [1.807, 2.05) is 6.92 Å². The maximum absolute atomic E-state index is 12.0. The summed E-state index contributed by atoms with van der Waals surface area (Å²) in [6.45, 7) is 1.99. The number of aromatic nitrogens is 2. The molecule has 2 rings (SSSR count). The Morgan fingerprint density at radius 2 is 2.30 bits per heavy atom. The van der Waals surface area contributed by atoms with Crippen LogP contribution in [0.4, 0.5) is 5.69 Å². The minimum atomic E-state index is -0.524. The van der Waals surface area contributed by atoms with Crippen LogP contribution in [0.25, 0.3) is 5.69 Å². The molecule has 0 aliphatic carbocycles. The molecule has 106 valence electrons. The summed E-state index contributed by atoms with van der Waals surface area (Å²) < 4.78 is 1.61. The number of carbonyl (C=O) groups is 1. The number of nitrogens with two attached hydrogens (primary N) is 1. The van der Waals surface area contributed by atoms with Crippen molar-refractivity contribution >= 4 is 23.2 Å². The summed E-state index contributed by atoms with van der Waals surface area (Å²) in [4.78, 5) is 12.0. The van der Waals surface area contributed by atoms with E-state index in [0.717, 1.165) is 6.42 Å². The molecule has 1 atom stereocenters. The molecule has 0 spiro atoms. The van der Waals surface area contributed by atoms with Crippen LogP contribution in [0.5, 0.6) is 0 Å². The lowest BCUT2D eigenvalue weighted by Crippen LogP contribution is -2.35. The zero-order chi connectivity index (χ0) is 14.5. The molecule has 1 amide bonds. The van der Waals surface area contributed by atoms with Crippen LogP contribution in [0.2, 0.25) is 5.02 Å². The third-order valence-corrected chi connectivity index (χ3v) is 3.22. The standard InChI is InChI=1S/C14H17ClN4O/c1-2-5-11(16)14(20)18-12-7-3-6-10(15)13(12)19-9-4-8-17-19/h3-4,6-9,11H,2,5,16H2,1H3,(H,18,20)/t11-/m1/s1. The molecule has 0 aliphatic heterocycles. The van der Waals surface area contributed by atoms with Gasteiger partial charge in [-0.25, -0.2) is 4.68 Å². The van der Waals surface area contributed by atoms with E-state index in [1.165, 1.54) is 0 Å². The number of benzene rings is 1. The highest BCUT2D eigenvalue weighted by atomic mass is 35.5. The number of nitrogens with zero attached hydrogens (tertiary/aromatic N) is 2. The number of para-hydroxylation sites is 1. The number of hydrogen-bond acceptors (Lipinski definition) is 3. The predicted molar refractivity (Wildman–Crippen MR) is 80.1 cm³/mol. The van der Waals surface area contributed by atoms with Crippen LogP contribution >= 0.6 is 11.6 Å². The molecule has 1 heterocycles. The van der Waals surface area contributed by atoms with Gasteiger partial charge in [0.05, 0.1) is 16.8 Å². The third kappa shape index (κ3) is 3.18. The summed E-state index contributed by atoms with van der Waals surface area (Å²) in [6.07, 6.45) is 4.92. The lowest BCUT2D eigenvalue weighted by Gasteiger charge is -2.15. The second-order valence-corrected chi connectivity index (χ2v) is 4.88. The van der Waals surface area contributed by atoms with E-state index in [9.17, 15) is 4.79 Å². The van der Waals surface area contributed by atoms with Crippen LogP contribution in [0.3, 0.4) is 0 Å². The van der Waals surface area contributed by atoms with Gasteiger partial charge in [-0.2, -0.15) is 5.10 Å². The molecule has 0 unspecified atom stereocenters. The number of halogens is 1. The maximum atomic E-state index is 12.0. The Balaban J connectivity index is 2.29. The summed E-state index contributed by atoms with van der Waals surface area (Å²) in [7, 11) is 0. The Labute approximate surface area is 122 Å². The number of anilines is 1. The highest BCUT2D eigenvalue weighted by molar-refractivity contribution is 6.33. The number of hydrogen-bond donors (Lipinski definition) is 2. The van der Waals surface area contributed by atoms with Gasteiger partial charge in [0.1, 0.15) is 5.69 Å². The number of carbonyl (C=O) groups excluding carboxylic acids is 1. The van der Waals surface area contributed by atoms with E-state index >= 15 is 0 Å². The van der Waals surface area contributed by atoms with Gasteiger partial charge in [-0.1, -0.05) is 31.0 Å². The lowest BCUT2D eigenvalue weighted by molar-refractivity contribution is -0.117. The fourth-order valence-electron chi connectivity index (χ4n) is 1.92. The van der Waals surface area contributed by atoms with Crippen LogP contribution in [-0.2, 0) is 4.79 Å². The first kappa shape index (κ1) is 14.6. The van der Waals surface area contributed by atoms with Crippen molar-refractivity contribution in [3.05, 3.63) is 41.7 Å². The Morgan fingerprint density at radius 3 is 2.95 bits per heavy atom. The van der Waals surface area contributed by atoms with Gasteiger partial charge in [0, 0.05) is 12.4 Å². The summed E-state index contributed by atoms with van der Waals surface area (Å²) in [6, 6.07) is 6.57. The highest BCUT2D eigenvalue weighted by Gasteiger charge is 2.16. The second kappa shape index (κ2) is 6.54. The molecule has 6 heteroatoms. The minimum Gasteiger partial charge on any atom is -0.323 e. The molecular formula is C14H17ClN4O. The normalized spacial score (nSPS) is 12.2. The Hall–Kier alpha value is -1.85. The first-order valence-electron chi connectivity index (χ1n) is 6.48. The van der Waals surface area contributed by atoms with E-state index in [0.29, 0.717) is 22.8 Å². The Bertz CT molecular complexity index is 583. The van der Waals surface area contributed by atoms with Crippen molar-refractivity contribution in [3.63, 3.8) is 0 Å². The number of amides is 1. The van der Waals surface area contributed by atoms with E-state index in [2.05, 4.69) is 10.4 Å². The fourth-order valence-corrected chi connectivity index (χ4v) is 2.18. The van der Waals surface area contributed by atoms with Crippen LogP contribution in [-0.4, -0.2) is 21.7 Å². The van der Waals surface area contributed by atoms with Crippen LogP contribution in [0, 0.1) is 0 Å². The zero-order valence-electron chi connectivity index (χ0n) is 11.2. The van der Waals surface area contributed by atoms with Gasteiger partial charge in [0.15, 0.2) is 0 Å². The average Bonchev–Trinajstić information content (AvgIpc) is 2.92. The summed E-state index contributed by atoms with van der Waals surface area (Å²) >= 11 is 6.20. The lowest BCUT2D eigenvalue weighted by atomic mass is 10.1. The van der Waals surface area contributed by atoms with Gasteiger partial charge in [-0.3, -0.25) is 4.79 Å². The van der Waals surface area contributed by atoms with E-state index in [-0.39, 0.29) is 5.91 Å². The number of nitrogens with one attached hydrogen (secondary N) is 1. The largest absolute Gasteiger partial charge is 0.323 e. The average molecular weight is 293 g/mol. The molecule has 3 N–H and O–H groups in total. The molecule has 1 aromatic heterocycles. The van der Waals surface area contributed by atoms with E-state index < -0.39 is 6.04 Å². The van der Waals surface area contributed by atoms with Gasteiger partial charge in [-0.15, -0.1) is 0 Å². The van der Waals surface area contributed by atoms with Gasteiger partial charge in [-0.05, 0) is 24.6 Å². The molecule has 0 saturated heterocycles. The van der Waals surface area contributed by atoms with Crippen molar-refractivity contribution in [2.24, 2.45) is 5.73 Å². The van der Waals surface area contributed by atoms with Crippen molar-refractivity contribution in [2.45, 2.75) is 25.8 Å². The topological polar surface area (TPSA) is 72.9 Å². The molecule has 0 bridgehead atoms. The summed E-state index contributed by atoms with van der Waals surface area (Å²) in [5.74, 6) is -0.220. The summed E-state index contributed by atoms with van der Waals surface area (Å²) in [5.41, 5.74) is 7.05. The minimum absolute atomic E-state index is 0.220. The quantitative estimate of drug-likeness (QED) is 0.889. The zero-order valence-corrected chi connectivity index (χ0v) is 12.0. The van der Waals surface area contributed by atoms with Gasteiger partial charge in [0.2, 0.25) is 5.91 Å². The number of rotatable bonds is 5. The molecule has 20 heavy (non-hydrogen) atoms. The van der Waals surface area contributed by atoms with Crippen molar-refractivity contribution in [1.29, 1.82) is 0 Å². The van der Waals surface area contributed by atoms with Crippen LogP contribution in [0.1, 0.15) is 19.8 Å². The maximum Gasteiger partial charge on any atom is 0.241 e. The molecule has 0 aliphatic rings. The predicted octanol–water partition coefficient (Wildman–Crippen LogP) is 2.59. The van der Waals surface area contributed by atoms with Gasteiger partial charge >= 0.3 is 0 Å². The molecular weight excluding hydrogens is 276 g/mol. The second-order valence-electron chi connectivity index (χ2n) is 4.47. The third-order valence-electron chi connectivity index (χ3n) is 2.91. The highest BCUT2D eigenvalue weighted by Crippen LogP contribution is 2.28. The van der Waals surface area contributed by atoms with Crippen molar-refractivity contribution in [3.8, 4) is 5.69 Å². The first-order valence-corrected chi connectivity index (χ1v) is 6.86. The fraction of sp³-hybridized carbons (Fsp3) is 0.286. The molecule has 0 fully saturated rings. The van der Waals surface area contributed by atoms with Crippen molar-refractivity contribution in [1.82, 2.24) is 9.78 Å². The first-order chi connectivity index (χ1) is 9.63. The van der Waals surface area contributed by atoms with Crippen molar-refractivity contribution in [2.75, 3.05) is 5.32 Å². The Kier molecular flexibility index (Phi) is 4.76.